The van der Waals surface area contributed by atoms with Crippen molar-refractivity contribution in [3.05, 3.63) is 142 Å². The van der Waals surface area contributed by atoms with Crippen molar-refractivity contribution in [1.29, 1.82) is 0 Å². The maximum atomic E-state index is 14.0. The number of benzene rings is 4. The van der Waals surface area contributed by atoms with Crippen molar-refractivity contribution in [3.8, 4) is 0 Å². The molecule has 4 nitrogen and oxygen atoms in total. The molecular formula is C35H38F2N2O2. The first-order valence-corrected chi connectivity index (χ1v) is 14.1. The molecule has 4 aromatic carbocycles. The number of hydrogen-bond donors (Lipinski definition) is 3. The van der Waals surface area contributed by atoms with E-state index in [1.807, 2.05) is 60.7 Å². The van der Waals surface area contributed by atoms with Crippen molar-refractivity contribution >= 4 is 5.91 Å². The number of amides is 1. The van der Waals surface area contributed by atoms with Gasteiger partial charge in [-0.05, 0) is 71.8 Å². The first-order valence-electron chi connectivity index (χ1n) is 14.1. The molecule has 0 spiro atoms. The van der Waals surface area contributed by atoms with E-state index in [4.69, 9.17) is 0 Å². The number of aliphatic hydroxyl groups is 1. The van der Waals surface area contributed by atoms with Crippen LogP contribution in [0.2, 0.25) is 0 Å². The van der Waals surface area contributed by atoms with Crippen LogP contribution in [0.1, 0.15) is 64.9 Å². The van der Waals surface area contributed by atoms with Crippen LogP contribution in [-0.4, -0.2) is 29.2 Å². The molecule has 0 bridgehead atoms. The van der Waals surface area contributed by atoms with Crippen LogP contribution in [-0.2, 0) is 19.4 Å². The van der Waals surface area contributed by atoms with Crippen LogP contribution in [0.3, 0.4) is 0 Å². The minimum atomic E-state index is -1.43. The van der Waals surface area contributed by atoms with Crippen molar-refractivity contribution in [1.82, 2.24) is 10.6 Å². The maximum Gasteiger partial charge on any atom is 0.251 e. The summed E-state index contributed by atoms with van der Waals surface area (Å²) in [5, 5.41) is 17.8. The molecule has 6 heteroatoms. The lowest BCUT2D eigenvalue weighted by atomic mass is 9.89. The van der Waals surface area contributed by atoms with Gasteiger partial charge in [0.2, 0.25) is 0 Å². The van der Waals surface area contributed by atoms with E-state index in [2.05, 4.69) is 36.6 Å². The van der Waals surface area contributed by atoms with Gasteiger partial charge in [0.15, 0.2) is 0 Å². The molecule has 0 aliphatic heterocycles. The summed E-state index contributed by atoms with van der Waals surface area (Å²) in [6.45, 7) is 6.48. The van der Waals surface area contributed by atoms with Crippen LogP contribution >= 0.6 is 0 Å². The smallest absolute Gasteiger partial charge is 0.251 e. The number of hydrogen-bond acceptors (Lipinski definition) is 3. The molecular weight excluding hydrogens is 518 g/mol. The Labute approximate surface area is 241 Å². The number of nitrogens with one attached hydrogen (secondary N) is 2. The predicted molar refractivity (Wildman–Crippen MR) is 160 cm³/mol. The Morgan fingerprint density at radius 3 is 2.20 bits per heavy atom. The fourth-order valence-electron chi connectivity index (χ4n) is 5.06. The third-order valence-electron chi connectivity index (χ3n) is 7.58. The summed E-state index contributed by atoms with van der Waals surface area (Å²) in [6.07, 6.45) is 0.968. The number of rotatable bonds is 12. The molecule has 41 heavy (non-hydrogen) atoms. The summed E-state index contributed by atoms with van der Waals surface area (Å²) in [7, 11) is 0. The summed E-state index contributed by atoms with van der Waals surface area (Å²) in [5.41, 5.74) is 3.77. The quantitative estimate of drug-likeness (QED) is 0.185. The van der Waals surface area contributed by atoms with Gasteiger partial charge >= 0.3 is 0 Å². The van der Waals surface area contributed by atoms with Crippen LogP contribution in [0, 0.1) is 11.6 Å². The number of carbonyl (C=O) groups is 1. The predicted octanol–water partition coefficient (Wildman–Crippen LogP) is 6.56. The maximum absolute atomic E-state index is 14.0. The molecule has 0 saturated heterocycles. The highest BCUT2D eigenvalue weighted by molar-refractivity contribution is 5.94. The molecule has 3 N–H and O–H groups in total. The van der Waals surface area contributed by atoms with Gasteiger partial charge in [0, 0.05) is 30.6 Å². The normalized spacial score (nSPS) is 14.2. The van der Waals surface area contributed by atoms with Crippen LogP contribution < -0.4 is 10.6 Å². The summed E-state index contributed by atoms with van der Waals surface area (Å²) in [6, 6.07) is 28.0. The molecule has 0 heterocycles. The van der Waals surface area contributed by atoms with Crippen LogP contribution in [0.25, 0.3) is 0 Å². The summed E-state index contributed by atoms with van der Waals surface area (Å²) in [4.78, 5) is 13.5. The Morgan fingerprint density at radius 1 is 0.829 bits per heavy atom. The zero-order chi connectivity index (χ0) is 29.4. The Morgan fingerprint density at radius 2 is 1.49 bits per heavy atom. The van der Waals surface area contributed by atoms with Crippen molar-refractivity contribution in [2.45, 2.75) is 57.7 Å². The monoisotopic (exact) mass is 556 g/mol. The number of halogens is 2. The van der Waals surface area contributed by atoms with E-state index in [1.54, 1.807) is 13.0 Å². The summed E-state index contributed by atoms with van der Waals surface area (Å²) >= 11 is 0. The van der Waals surface area contributed by atoms with E-state index < -0.39 is 23.3 Å². The fourth-order valence-corrected chi connectivity index (χ4v) is 5.06. The third kappa shape index (κ3) is 8.32. The standard InChI is InChI=1S/C35H38F2N2O2/c1-4-25-10-8-11-26(16-25)22-38-23-35(3,41)33(19-27-17-31(36)21-32(37)18-27)39-34(40)30-15-9-14-29(20-30)24(2)28-12-6-5-7-13-28/h5-18,20-21,24,33,38,41H,4,19,22-23H2,1-3H3,(H,39,40)/t24?,33-,35+/m0/s1. The van der Waals surface area contributed by atoms with Crippen molar-refractivity contribution in [2.24, 2.45) is 0 Å². The average Bonchev–Trinajstić information content (AvgIpc) is 2.96. The number of aryl methyl sites for hydroxylation is 1. The van der Waals surface area contributed by atoms with Gasteiger partial charge in [-0.2, -0.15) is 0 Å². The third-order valence-corrected chi connectivity index (χ3v) is 7.58. The van der Waals surface area contributed by atoms with Crippen LogP contribution in [0.5, 0.6) is 0 Å². The average molecular weight is 557 g/mol. The van der Waals surface area contributed by atoms with Gasteiger partial charge in [-0.3, -0.25) is 4.79 Å². The van der Waals surface area contributed by atoms with E-state index in [9.17, 15) is 18.7 Å². The molecule has 4 rings (SSSR count). The van der Waals surface area contributed by atoms with E-state index in [0.29, 0.717) is 17.7 Å². The highest BCUT2D eigenvalue weighted by Gasteiger charge is 2.33. The molecule has 0 aliphatic carbocycles. The van der Waals surface area contributed by atoms with Gasteiger partial charge in [0.25, 0.3) is 5.91 Å². The molecule has 0 saturated carbocycles. The molecule has 1 unspecified atom stereocenters. The molecule has 0 radical (unpaired) electrons. The Hall–Kier alpha value is -3.87. The Kier molecular flexibility index (Phi) is 10.0. The highest BCUT2D eigenvalue weighted by atomic mass is 19.1. The molecule has 0 aromatic heterocycles. The zero-order valence-electron chi connectivity index (χ0n) is 23.8. The van der Waals surface area contributed by atoms with Crippen molar-refractivity contribution in [2.75, 3.05) is 6.54 Å². The molecule has 214 valence electrons. The van der Waals surface area contributed by atoms with E-state index in [-0.39, 0.29) is 24.8 Å². The molecule has 0 fully saturated rings. The second-order valence-electron chi connectivity index (χ2n) is 10.9. The molecule has 4 aromatic rings. The van der Waals surface area contributed by atoms with Gasteiger partial charge in [-0.25, -0.2) is 8.78 Å². The Balaban J connectivity index is 1.53. The molecule has 0 aliphatic rings. The van der Waals surface area contributed by atoms with Gasteiger partial charge in [0.05, 0.1) is 11.6 Å². The van der Waals surface area contributed by atoms with Crippen LogP contribution in [0.15, 0.2) is 97.1 Å². The Bertz CT molecular complexity index is 1440. The lowest BCUT2D eigenvalue weighted by Crippen LogP contribution is -2.56. The fraction of sp³-hybridized carbons (Fsp3) is 0.286. The van der Waals surface area contributed by atoms with Gasteiger partial charge in [-0.15, -0.1) is 0 Å². The van der Waals surface area contributed by atoms with Crippen LogP contribution in [0.4, 0.5) is 8.78 Å². The minimum Gasteiger partial charge on any atom is -0.387 e. The molecule has 3 atom stereocenters. The second-order valence-corrected chi connectivity index (χ2v) is 10.9. The minimum absolute atomic E-state index is 0.0422. The van der Waals surface area contributed by atoms with Gasteiger partial charge < -0.3 is 15.7 Å². The van der Waals surface area contributed by atoms with Crippen molar-refractivity contribution in [3.63, 3.8) is 0 Å². The topological polar surface area (TPSA) is 61.4 Å². The van der Waals surface area contributed by atoms with E-state index in [0.717, 1.165) is 29.2 Å². The number of carbonyl (C=O) groups excluding carboxylic acids is 1. The largest absolute Gasteiger partial charge is 0.387 e. The lowest BCUT2D eigenvalue weighted by Gasteiger charge is -2.34. The van der Waals surface area contributed by atoms with E-state index >= 15 is 0 Å². The van der Waals surface area contributed by atoms with Gasteiger partial charge in [-0.1, -0.05) is 80.6 Å². The zero-order valence-corrected chi connectivity index (χ0v) is 23.8. The lowest BCUT2D eigenvalue weighted by molar-refractivity contribution is 0.0188. The van der Waals surface area contributed by atoms with E-state index in [1.165, 1.54) is 17.7 Å². The SMILES string of the molecule is CCc1cccc(CNC[C@@](C)(O)[C@H](Cc2cc(F)cc(F)c2)NC(=O)c2cccc(C(C)c3ccccc3)c2)c1. The highest BCUT2D eigenvalue weighted by Crippen LogP contribution is 2.25. The second kappa shape index (κ2) is 13.7. The first kappa shape index (κ1) is 30.1. The van der Waals surface area contributed by atoms with Gasteiger partial charge in [0.1, 0.15) is 11.6 Å². The first-order chi connectivity index (χ1) is 19.6. The van der Waals surface area contributed by atoms with Crippen molar-refractivity contribution < 1.29 is 18.7 Å². The molecule has 1 amide bonds. The summed E-state index contributed by atoms with van der Waals surface area (Å²) < 4.78 is 28.0. The summed E-state index contributed by atoms with van der Waals surface area (Å²) in [5.74, 6) is -1.71.